The van der Waals surface area contributed by atoms with E-state index in [2.05, 4.69) is 6.92 Å². The molecule has 0 heterocycles. The first-order chi connectivity index (χ1) is 14.2. The van der Waals surface area contributed by atoms with Crippen LogP contribution in [-0.4, -0.2) is 25.2 Å². The molecular weight excluding hydrogens is 364 g/mol. The zero-order valence-corrected chi connectivity index (χ0v) is 17.8. The molecule has 0 aliphatic rings. The topological polar surface area (TPSA) is 52.6 Å². The fourth-order valence-electron chi connectivity index (χ4n) is 2.86. The van der Waals surface area contributed by atoms with Gasteiger partial charge in [-0.2, -0.15) is 0 Å². The normalized spacial score (nSPS) is 11.2. The Bertz CT molecular complexity index is 605. The number of allylic oxidation sites excluding steroid dienone is 1. The van der Waals surface area contributed by atoms with E-state index >= 15 is 0 Å². The Kier molecular flexibility index (Phi) is 15.1. The van der Waals surface area contributed by atoms with Crippen molar-refractivity contribution in [2.45, 2.75) is 71.1 Å². The summed E-state index contributed by atoms with van der Waals surface area (Å²) < 4.78 is 10.1. The Morgan fingerprint density at radius 3 is 2.17 bits per heavy atom. The lowest BCUT2D eigenvalue weighted by Crippen LogP contribution is -2.06. The lowest BCUT2D eigenvalue weighted by Gasteiger charge is -2.02. The lowest BCUT2D eigenvalue weighted by atomic mass is 10.1. The molecule has 160 valence electrons. The number of unbranched alkanes of at least 4 members (excludes halogenated alkanes) is 7. The fraction of sp³-hybridized carbons (Fsp3) is 0.520. The SMILES string of the molecule is CCCCCCCCC/C=C/COC(=O)/C=C/C(=O)OCCCc1ccccc1. The van der Waals surface area contributed by atoms with Gasteiger partial charge in [0.1, 0.15) is 6.61 Å². The first-order valence-electron chi connectivity index (χ1n) is 10.9. The van der Waals surface area contributed by atoms with Crippen LogP contribution in [0.4, 0.5) is 0 Å². The second kappa shape index (κ2) is 17.7. The smallest absolute Gasteiger partial charge is 0.331 e. The Hall–Kier alpha value is -2.36. The third-order valence-corrected chi connectivity index (χ3v) is 4.52. The second-order valence-electron chi connectivity index (χ2n) is 7.10. The van der Waals surface area contributed by atoms with Crippen molar-refractivity contribution in [2.24, 2.45) is 0 Å². The van der Waals surface area contributed by atoms with Crippen molar-refractivity contribution in [1.82, 2.24) is 0 Å². The number of carbonyl (C=O) groups is 2. The number of benzene rings is 1. The van der Waals surface area contributed by atoms with E-state index in [9.17, 15) is 9.59 Å². The summed E-state index contributed by atoms with van der Waals surface area (Å²) in [6.07, 6.45) is 17.8. The van der Waals surface area contributed by atoms with Gasteiger partial charge < -0.3 is 9.47 Å². The minimum absolute atomic E-state index is 0.228. The van der Waals surface area contributed by atoms with Gasteiger partial charge in [0.05, 0.1) is 6.61 Å². The summed E-state index contributed by atoms with van der Waals surface area (Å²) >= 11 is 0. The molecule has 0 amide bonds. The molecule has 29 heavy (non-hydrogen) atoms. The summed E-state index contributed by atoms with van der Waals surface area (Å²) in [7, 11) is 0. The number of rotatable bonds is 16. The highest BCUT2D eigenvalue weighted by atomic mass is 16.5. The molecule has 1 aromatic carbocycles. The van der Waals surface area contributed by atoms with E-state index in [0.717, 1.165) is 31.4 Å². The molecule has 0 aliphatic heterocycles. The maximum atomic E-state index is 11.6. The summed E-state index contributed by atoms with van der Waals surface area (Å²) in [5.41, 5.74) is 1.21. The Morgan fingerprint density at radius 1 is 0.793 bits per heavy atom. The first kappa shape index (κ1) is 24.7. The second-order valence-corrected chi connectivity index (χ2v) is 7.10. The van der Waals surface area contributed by atoms with E-state index in [0.29, 0.717) is 6.61 Å². The minimum atomic E-state index is -0.535. The predicted octanol–water partition coefficient (Wildman–Crippen LogP) is 5.96. The molecule has 0 unspecified atom stereocenters. The van der Waals surface area contributed by atoms with E-state index < -0.39 is 11.9 Å². The molecule has 0 bridgehead atoms. The molecule has 4 nitrogen and oxygen atoms in total. The molecule has 0 atom stereocenters. The van der Waals surface area contributed by atoms with Crippen molar-refractivity contribution >= 4 is 11.9 Å². The number of carbonyl (C=O) groups excluding carboxylic acids is 2. The van der Waals surface area contributed by atoms with Gasteiger partial charge in [-0.3, -0.25) is 0 Å². The van der Waals surface area contributed by atoms with Crippen LogP contribution < -0.4 is 0 Å². The van der Waals surface area contributed by atoms with E-state index in [1.807, 2.05) is 42.5 Å². The average Bonchev–Trinajstić information content (AvgIpc) is 2.74. The van der Waals surface area contributed by atoms with Crippen LogP contribution in [0.3, 0.4) is 0 Å². The number of ether oxygens (including phenoxy) is 2. The lowest BCUT2D eigenvalue weighted by molar-refractivity contribution is -0.140. The van der Waals surface area contributed by atoms with Crippen molar-refractivity contribution in [1.29, 1.82) is 0 Å². The number of hydrogen-bond donors (Lipinski definition) is 0. The highest BCUT2D eigenvalue weighted by Gasteiger charge is 2.01. The summed E-state index contributed by atoms with van der Waals surface area (Å²) in [5.74, 6) is -1.06. The van der Waals surface area contributed by atoms with Crippen molar-refractivity contribution in [2.75, 3.05) is 13.2 Å². The van der Waals surface area contributed by atoms with E-state index in [1.54, 1.807) is 0 Å². The molecule has 4 heteroatoms. The van der Waals surface area contributed by atoms with E-state index in [4.69, 9.17) is 9.47 Å². The van der Waals surface area contributed by atoms with Crippen molar-refractivity contribution in [3.05, 3.63) is 60.2 Å². The van der Waals surface area contributed by atoms with Gasteiger partial charge in [0.2, 0.25) is 0 Å². The molecule has 0 aromatic heterocycles. The molecule has 0 radical (unpaired) electrons. The van der Waals surface area contributed by atoms with Gasteiger partial charge in [0.15, 0.2) is 0 Å². The third-order valence-electron chi connectivity index (χ3n) is 4.52. The molecule has 0 saturated carbocycles. The van der Waals surface area contributed by atoms with Crippen LogP contribution in [0, 0.1) is 0 Å². The van der Waals surface area contributed by atoms with Crippen molar-refractivity contribution in [3.63, 3.8) is 0 Å². The van der Waals surface area contributed by atoms with Crippen LogP contribution in [0.15, 0.2) is 54.6 Å². The standard InChI is InChI=1S/C25H36O4/c1-2-3-4-5-6-7-8-9-10-14-21-28-24(26)19-20-25(27)29-22-15-18-23-16-12-11-13-17-23/h10-14,16-17,19-20H,2-9,15,18,21-22H2,1H3/b14-10+,20-19+. The monoisotopic (exact) mass is 400 g/mol. The van der Waals surface area contributed by atoms with Crippen LogP contribution in [0.5, 0.6) is 0 Å². The van der Waals surface area contributed by atoms with E-state index in [-0.39, 0.29) is 6.61 Å². The number of esters is 2. The molecule has 0 saturated heterocycles. The maximum absolute atomic E-state index is 11.6. The molecular formula is C25H36O4. The first-order valence-corrected chi connectivity index (χ1v) is 10.9. The van der Waals surface area contributed by atoms with Crippen LogP contribution in [-0.2, 0) is 25.5 Å². The molecule has 0 N–H and O–H groups in total. The average molecular weight is 401 g/mol. The quantitative estimate of drug-likeness (QED) is 0.149. The molecule has 1 aromatic rings. The largest absolute Gasteiger partial charge is 0.463 e. The van der Waals surface area contributed by atoms with Crippen LogP contribution >= 0.6 is 0 Å². The van der Waals surface area contributed by atoms with Gasteiger partial charge in [-0.25, -0.2) is 9.59 Å². The van der Waals surface area contributed by atoms with Gasteiger partial charge in [-0.05, 0) is 31.2 Å². The highest BCUT2D eigenvalue weighted by Crippen LogP contribution is 2.08. The van der Waals surface area contributed by atoms with E-state index in [1.165, 1.54) is 50.5 Å². The van der Waals surface area contributed by atoms with Gasteiger partial charge in [0.25, 0.3) is 0 Å². The molecule has 0 spiro atoms. The number of aryl methyl sites for hydroxylation is 1. The highest BCUT2D eigenvalue weighted by molar-refractivity contribution is 5.91. The van der Waals surface area contributed by atoms with Crippen molar-refractivity contribution in [3.8, 4) is 0 Å². The Morgan fingerprint density at radius 2 is 1.45 bits per heavy atom. The molecule has 1 rings (SSSR count). The van der Waals surface area contributed by atoms with Gasteiger partial charge in [-0.15, -0.1) is 0 Å². The summed E-state index contributed by atoms with van der Waals surface area (Å²) in [5, 5.41) is 0. The predicted molar refractivity (Wildman–Crippen MR) is 118 cm³/mol. The third kappa shape index (κ3) is 15.3. The maximum Gasteiger partial charge on any atom is 0.331 e. The zero-order chi connectivity index (χ0) is 21.0. The molecule has 0 fully saturated rings. The Labute approximate surface area is 176 Å². The minimum Gasteiger partial charge on any atom is -0.463 e. The summed E-state index contributed by atoms with van der Waals surface area (Å²) in [6.45, 7) is 2.79. The Balaban J connectivity index is 1.98. The van der Waals surface area contributed by atoms with Gasteiger partial charge in [-0.1, -0.05) is 87.9 Å². The summed E-state index contributed by atoms with van der Waals surface area (Å²) in [4.78, 5) is 23.2. The molecule has 0 aliphatic carbocycles. The van der Waals surface area contributed by atoms with Crippen molar-refractivity contribution < 1.29 is 19.1 Å². The van der Waals surface area contributed by atoms with Crippen LogP contribution in [0.1, 0.15) is 70.3 Å². The fourth-order valence-corrected chi connectivity index (χ4v) is 2.86. The number of hydrogen-bond acceptors (Lipinski definition) is 4. The zero-order valence-electron chi connectivity index (χ0n) is 17.8. The van der Waals surface area contributed by atoms with Gasteiger partial charge in [0, 0.05) is 12.2 Å². The van der Waals surface area contributed by atoms with Crippen LogP contribution in [0.25, 0.3) is 0 Å². The van der Waals surface area contributed by atoms with Gasteiger partial charge >= 0.3 is 11.9 Å². The van der Waals surface area contributed by atoms with Crippen LogP contribution in [0.2, 0.25) is 0 Å². The summed E-state index contributed by atoms with van der Waals surface area (Å²) in [6, 6.07) is 10.0.